The summed E-state index contributed by atoms with van der Waals surface area (Å²) in [5, 5.41) is 4.71. The van der Waals surface area contributed by atoms with Gasteiger partial charge in [0.1, 0.15) is 18.3 Å². The van der Waals surface area contributed by atoms with Crippen LogP contribution in [0.2, 0.25) is 0 Å². The second kappa shape index (κ2) is 6.98. The summed E-state index contributed by atoms with van der Waals surface area (Å²) in [4.78, 5) is 31.8. The minimum atomic E-state index is -0.242. The number of rotatable bonds is 3. The molecule has 0 saturated carbocycles. The molecule has 0 radical (unpaired) electrons. The third kappa shape index (κ3) is 3.37. The second-order valence-electron chi connectivity index (χ2n) is 7.55. The molecule has 0 N–H and O–H groups in total. The lowest BCUT2D eigenvalue weighted by Gasteiger charge is -2.35. The smallest absolute Gasteiger partial charge is 0.264 e. The van der Waals surface area contributed by atoms with E-state index in [0.717, 1.165) is 25.2 Å². The van der Waals surface area contributed by atoms with Gasteiger partial charge in [-0.05, 0) is 30.4 Å². The van der Waals surface area contributed by atoms with Crippen LogP contribution in [0.1, 0.15) is 20.3 Å². The largest absolute Gasteiger partial charge is 0.341 e. The van der Waals surface area contributed by atoms with Crippen LogP contribution >= 0.6 is 0 Å². The lowest BCUT2D eigenvalue weighted by Crippen LogP contribution is -2.44. The Morgan fingerprint density at radius 1 is 1.15 bits per heavy atom. The lowest BCUT2D eigenvalue weighted by atomic mass is 9.92. The zero-order chi connectivity index (χ0) is 19.0. The van der Waals surface area contributed by atoms with E-state index in [1.54, 1.807) is 4.68 Å². The number of hydrogen-bond acceptors (Lipinski definition) is 4. The normalized spacial score (nSPS) is 20.1. The average Bonchev–Trinajstić information content (AvgIpc) is 3.09. The Balaban J connectivity index is 1.61. The maximum absolute atomic E-state index is 12.8. The van der Waals surface area contributed by atoms with E-state index in [2.05, 4.69) is 23.9 Å². The molecule has 2 atom stereocenters. The fourth-order valence-corrected chi connectivity index (χ4v) is 3.93. The van der Waals surface area contributed by atoms with Crippen molar-refractivity contribution in [1.82, 2.24) is 24.2 Å². The van der Waals surface area contributed by atoms with Crippen molar-refractivity contribution in [2.45, 2.75) is 26.8 Å². The van der Waals surface area contributed by atoms with Crippen molar-refractivity contribution < 1.29 is 4.79 Å². The van der Waals surface area contributed by atoms with Gasteiger partial charge in [0.15, 0.2) is 5.65 Å². The molecule has 1 aliphatic rings. The van der Waals surface area contributed by atoms with Crippen molar-refractivity contribution in [3.8, 4) is 5.69 Å². The van der Waals surface area contributed by atoms with E-state index in [9.17, 15) is 9.59 Å². The van der Waals surface area contributed by atoms with Crippen LogP contribution in [0.3, 0.4) is 0 Å². The van der Waals surface area contributed by atoms with Crippen LogP contribution in [-0.4, -0.2) is 43.2 Å². The summed E-state index contributed by atoms with van der Waals surface area (Å²) in [6, 6.07) is 9.54. The predicted molar refractivity (Wildman–Crippen MR) is 103 cm³/mol. The molecule has 3 aromatic rings. The first-order chi connectivity index (χ1) is 13.0. The molecule has 7 heteroatoms. The quantitative estimate of drug-likeness (QED) is 0.712. The van der Waals surface area contributed by atoms with E-state index >= 15 is 0 Å². The molecule has 4 rings (SSSR count). The maximum Gasteiger partial charge on any atom is 0.264 e. The number of likely N-dealkylation sites (tertiary alicyclic amines) is 1. The Labute approximate surface area is 157 Å². The van der Waals surface area contributed by atoms with Crippen molar-refractivity contribution in [3.05, 3.63) is 53.2 Å². The first-order valence-electron chi connectivity index (χ1n) is 9.29. The molecule has 0 spiro atoms. The first kappa shape index (κ1) is 17.5. The molecule has 2 aromatic heterocycles. The van der Waals surface area contributed by atoms with Gasteiger partial charge >= 0.3 is 0 Å². The molecule has 27 heavy (non-hydrogen) atoms. The van der Waals surface area contributed by atoms with Crippen molar-refractivity contribution in [3.63, 3.8) is 0 Å². The van der Waals surface area contributed by atoms with Crippen LogP contribution in [0, 0.1) is 11.8 Å². The number of para-hydroxylation sites is 1. The Hall–Kier alpha value is -2.96. The van der Waals surface area contributed by atoms with E-state index < -0.39 is 0 Å². The van der Waals surface area contributed by atoms with Crippen molar-refractivity contribution in [1.29, 1.82) is 0 Å². The predicted octanol–water partition coefficient (Wildman–Crippen LogP) is 2.09. The number of nitrogens with zero attached hydrogens (tertiary/aromatic N) is 5. The Kier molecular flexibility index (Phi) is 4.51. The van der Waals surface area contributed by atoms with Gasteiger partial charge in [-0.3, -0.25) is 14.2 Å². The molecule has 1 amide bonds. The van der Waals surface area contributed by atoms with Crippen LogP contribution in [-0.2, 0) is 11.3 Å². The minimum Gasteiger partial charge on any atom is -0.341 e. The standard InChI is InChI=1S/C20H23N5O2/c1-14-8-15(2)11-23(10-14)18(26)12-24-13-21-19-17(20(24)27)9-22-25(19)16-6-4-3-5-7-16/h3-7,9,13-15H,8,10-12H2,1-2H3/t14-,15+. The van der Waals surface area contributed by atoms with Gasteiger partial charge in [-0.25, -0.2) is 9.67 Å². The molecule has 1 aliphatic heterocycles. The van der Waals surface area contributed by atoms with Crippen molar-refractivity contribution in [2.75, 3.05) is 13.1 Å². The summed E-state index contributed by atoms with van der Waals surface area (Å²) in [5.74, 6) is 0.936. The van der Waals surface area contributed by atoms with Gasteiger partial charge in [0.05, 0.1) is 11.9 Å². The Morgan fingerprint density at radius 2 is 1.85 bits per heavy atom. The van der Waals surface area contributed by atoms with Gasteiger partial charge in [0.25, 0.3) is 5.56 Å². The fraction of sp³-hybridized carbons (Fsp3) is 0.400. The molecule has 0 unspecified atom stereocenters. The second-order valence-corrected chi connectivity index (χ2v) is 7.55. The van der Waals surface area contributed by atoms with Gasteiger partial charge < -0.3 is 4.90 Å². The summed E-state index contributed by atoms with van der Waals surface area (Å²) in [6.07, 6.45) is 4.10. The lowest BCUT2D eigenvalue weighted by molar-refractivity contribution is -0.134. The van der Waals surface area contributed by atoms with E-state index in [-0.39, 0.29) is 18.0 Å². The summed E-state index contributed by atoms with van der Waals surface area (Å²) < 4.78 is 3.02. The molecule has 0 aliphatic carbocycles. The van der Waals surface area contributed by atoms with Crippen LogP contribution < -0.4 is 5.56 Å². The molecule has 7 nitrogen and oxygen atoms in total. The fourth-order valence-electron chi connectivity index (χ4n) is 3.93. The Morgan fingerprint density at radius 3 is 2.56 bits per heavy atom. The molecule has 1 aromatic carbocycles. The van der Waals surface area contributed by atoms with E-state index in [0.29, 0.717) is 22.9 Å². The number of carbonyl (C=O) groups excluding carboxylic acids is 1. The third-order valence-electron chi connectivity index (χ3n) is 5.08. The highest BCUT2D eigenvalue weighted by Crippen LogP contribution is 2.21. The maximum atomic E-state index is 12.8. The molecular formula is C20H23N5O2. The van der Waals surface area contributed by atoms with Gasteiger partial charge in [-0.15, -0.1) is 0 Å². The third-order valence-corrected chi connectivity index (χ3v) is 5.08. The van der Waals surface area contributed by atoms with E-state index in [1.165, 1.54) is 17.1 Å². The molecular weight excluding hydrogens is 342 g/mol. The summed E-state index contributed by atoms with van der Waals surface area (Å²) >= 11 is 0. The monoisotopic (exact) mass is 365 g/mol. The van der Waals surface area contributed by atoms with Crippen LogP contribution in [0.25, 0.3) is 16.7 Å². The van der Waals surface area contributed by atoms with Crippen LogP contribution in [0.4, 0.5) is 0 Å². The number of fused-ring (bicyclic) bond motifs is 1. The number of hydrogen-bond donors (Lipinski definition) is 0. The Bertz CT molecular complexity index is 1010. The highest BCUT2D eigenvalue weighted by Gasteiger charge is 2.25. The molecule has 1 fully saturated rings. The summed E-state index contributed by atoms with van der Waals surface area (Å²) in [7, 11) is 0. The molecule has 1 saturated heterocycles. The zero-order valence-electron chi connectivity index (χ0n) is 15.6. The van der Waals surface area contributed by atoms with Crippen molar-refractivity contribution >= 4 is 16.9 Å². The minimum absolute atomic E-state index is 0.0116. The van der Waals surface area contributed by atoms with Gasteiger partial charge in [-0.2, -0.15) is 5.10 Å². The van der Waals surface area contributed by atoms with Crippen LogP contribution in [0.15, 0.2) is 47.7 Å². The van der Waals surface area contributed by atoms with Crippen molar-refractivity contribution in [2.24, 2.45) is 11.8 Å². The number of amides is 1. The van der Waals surface area contributed by atoms with Gasteiger partial charge in [0.2, 0.25) is 5.91 Å². The number of carbonyl (C=O) groups is 1. The highest BCUT2D eigenvalue weighted by atomic mass is 16.2. The van der Waals surface area contributed by atoms with Crippen LogP contribution in [0.5, 0.6) is 0 Å². The van der Waals surface area contributed by atoms with E-state index in [1.807, 2.05) is 35.2 Å². The van der Waals surface area contributed by atoms with E-state index in [4.69, 9.17) is 0 Å². The highest BCUT2D eigenvalue weighted by molar-refractivity contribution is 5.78. The molecule has 3 heterocycles. The topological polar surface area (TPSA) is 73.0 Å². The summed E-state index contributed by atoms with van der Waals surface area (Å²) in [6.45, 7) is 5.83. The van der Waals surface area contributed by atoms with Gasteiger partial charge in [-0.1, -0.05) is 32.0 Å². The number of piperidine rings is 1. The molecule has 140 valence electrons. The zero-order valence-corrected chi connectivity index (χ0v) is 15.6. The number of aromatic nitrogens is 4. The first-order valence-corrected chi connectivity index (χ1v) is 9.29. The van der Waals surface area contributed by atoms with Gasteiger partial charge in [0, 0.05) is 13.1 Å². The summed E-state index contributed by atoms with van der Waals surface area (Å²) in [5.41, 5.74) is 1.09. The average molecular weight is 365 g/mol. The molecule has 0 bridgehead atoms. The SMILES string of the molecule is C[C@@H]1C[C@H](C)CN(C(=O)Cn2cnc3c(cnn3-c3ccccc3)c2=O)C1. The number of benzene rings is 1.